The minimum absolute atomic E-state index is 0.0246. The SMILES string of the molecule is CC1CCSC(NC(C)C(=O)NC(C)C)=N1. The third-order valence-corrected chi connectivity index (χ3v) is 3.21. The van der Waals surface area contributed by atoms with Crippen LogP contribution in [-0.4, -0.2) is 35.0 Å². The first-order valence-corrected chi connectivity index (χ1v) is 6.75. The van der Waals surface area contributed by atoms with Crippen molar-refractivity contribution in [1.82, 2.24) is 10.6 Å². The number of amides is 1. The van der Waals surface area contributed by atoms with Crippen molar-refractivity contribution >= 4 is 22.8 Å². The Hall–Kier alpha value is -0.710. The maximum atomic E-state index is 11.7. The van der Waals surface area contributed by atoms with Gasteiger partial charge in [-0.2, -0.15) is 0 Å². The summed E-state index contributed by atoms with van der Waals surface area (Å²) in [6.45, 7) is 7.87. The fourth-order valence-electron chi connectivity index (χ4n) is 1.37. The van der Waals surface area contributed by atoms with Crippen LogP contribution >= 0.6 is 11.8 Å². The molecule has 92 valence electrons. The molecule has 2 atom stereocenters. The Morgan fingerprint density at radius 1 is 1.50 bits per heavy atom. The van der Waals surface area contributed by atoms with Gasteiger partial charge >= 0.3 is 0 Å². The van der Waals surface area contributed by atoms with Gasteiger partial charge < -0.3 is 10.6 Å². The molecule has 0 aromatic rings. The van der Waals surface area contributed by atoms with E-state index in [1.807, 2.05) is 20.8 Å². The predicted molar refractivity (Wildman–Crippen MR) is 69.8 cm³/mol. The highest BCUT2D eigenvalue weighted by molar-refractivity contribution is 8.13. The number of carbonyl (C=O) groups excluding carboxylic acids is 1. The minimum atomic E-state index is -0.223. The van der Waals surface area contributed by atoms with E-state index in [4.69, 9.17) is 0 Å². The summed E-state index contributed by atoms with van der Waals surface area (Å²) in [6, 6.07) is 0.319. The van der Waals surface area contributed by atoms with Crippen molar-refractivity contribution in [2.45, 2.75) is 52.2 Å². The first kappa shape index (κ1) is 13.4. The summed E-state index contributed by atoms with van der Waals surface area (Å²) in [6.07, 6.45) is 1.11. The van der Waals surface area contributed by atoms with Crippen molar-refractivity contribution in [3.63, 3.8) is 0 Å². The molecule has 0 fully saturated rings. The molecule has 2 N–H and O–H groups in total. The van der Waals surface area contributed by atoms with Crippen LogP contribution in [0, 0.1) is 0 Å². The largest absolute Gasteiger partial charge is 0.353 e. The van der Waals surface area contributed by atoms with Crippen molar-refractivity contribution < 1.29 is 4.79 Å². The summed E-state index contributed by atoms with van der Waals surface area (Å²) in [5.74, 6) is 1.10. The van der Waals surface area contributed by atoms with E-state index in [1.54, 1.807) is 11.8 Å². The number of carbonyl (C=O) groups is 1. The number of nitrogens with zero attached hydrogens (tertiary/aromatic N) is 1. The maximum Gasteiger partial charge on any atom is 0.242 e. The second-order valence-electron chi connectivity index (χ2n) is 4.45. The molecule has 1 aliphatic heterocycles. The van der Waals surface area contributed by atoms with Crippen molar-refractivity contribution in [3.05, 3.63) is 0 Å². The lowest BCUT2D eigenvalue weighted by atomic mass is 10.3. The smallest absolute Gasteiger partial charge is 0.242 e. The second kappa shape index (κ2) is 6.13. The zero-order valence-corrected chi connectivity index (χ0v) is 11.2. The third-order valence-electron chi connectivity index (χ3n) is 2.28. The van der Waals surface area contributed by atoms with Crippen molar-refractivity contribution in [1.29, 1.82) is 0 Å². The number of rotatable bonds is 3. The number of aliphatic imine (C=N–C) groups is 1. The highest BCUT2D eigenvalue weighted by atomic mass is 32.2. The second-order valence-corrected chi connectivity index (χ2v) is 5.53. The average molecular weight is 243 g/mol. The molecule has 0 radical (unpaired) electrons. The van der Waals surface area contributed by atoms with Gasteiger partial charge in [-0.05, 0) is 34.1 Å². The number of thioether (sulfide) groups is 1. The van der Waals surface area contributed by atoms with Crippen LogP contribution in [-0.2, 0) is 4.79 Å². The highest BCUT2D eigenvalue weighted by Gasteiger charge is 2.18. The lowest BCUT2D eigenvalue weighted by Crippen LogP contribution is -2.46. The Balaban J connectivity index is 2.44. The molecule has 0 aliphatic carbocycles. The molecule has 1 rings (SSSR count). The van der Waals surface area contributed by atoms with Crippen LogP contribution in [0.3, 0.4) is 0 Å². The number of hydrogen-bond donors (Lipinski definition) is 2. The van der Waals surface area contributed by atoms with E-state index in [1.165, 1.54) is 0 Å². The molecular weight excluding hydrogens is 222 g/mol. The van der Waals surface area contributed by atoms with Gasteiger partial charge in [-0.15, -0.1) is 0 Å². The van der Waals surface area contributed by atoms with Crippen LogP contribution < -0.4 is 10.6 Å². The molecule has 0 saturated heterocycles. The lowest BCUT2D eigenvalue weighted by Gasteiger charge is -2.21. The molecule has 0 aromatic heterocycles. The molecule has 0 aromatic carbocycles. The Kier molecular flexibility index (Phi) is 5.12. The molecule has 4 nitrogen and oxygen atoms in total. The van der Waals surface area contributed by atoms with E-state index in [-0.39, 0.29) is 18.0 Å². The van der Waals surface area contributed by atoms with Gasteiger partial charge in [0.05, 0.1) is 6.04 Å². The molecule has 0 saturated carbocycles. The van der Waals surface area contributed by atoms with Crippen LogP contribution in [0.5, 0.6) is 0 Å². The van der Waals surface area contributed by atoms with Crippen LogP contribution in [0.2, 0.25) is 0 Å². The summed E-state index contributed by atoms with van der Waals surface area (Å²) < 4.78 is 0. The van der Waals surface area contributed by atoms with Gasteiger partial charge in [0, 0.05) is 11.8 Å². The topological polar surface area (TPSA) is 53.5 Å². The molecule has 0 bridgehead atoms. The van der Waals surface area contributed by atoms with Crippen LogP contribution in [0.25, 0.3) is 0 Å². The van der Waals surface area contributed by atoms with Crippen molar-refractivity contribution in [2.75, 3.05) is 5.75 Å². The fourth-order valence-corrected chi connectivity index (χ4v) is 2.53. The van der Waals surface area contributed by atoms with Gasteiger partial charge in [0.15, 0.2) is 5.17 Å². The molecule has 1 amide bonds. The average Bonchev–Trinajstić information content (AvgIpc) is 2.16. The summed E-state index contributed by atoms with van der Waals surface area (Å²) >= 11 is 1.69. The monoisotopic (exact) mass is 243 g/mol. The normalized spacial score (nSPS) is 22.6. The Bertz CT molecular complexity index is 278. The van der Waals surface area contributed by atoms with Gasteiger partial charge in [0.2, 0.25) is 5.91 Å². The molecule has 1 heterocycles. The van der Waals surface area contributed by atoms with E-state index < -0.39 is 0 Å². The first-order chi connectivity index (χ1) is 7.49. The number of nitrogens with one attached hydrogen (secondary N) is 2. The van der Waals surface area contributed by atoms with Crippen LogP contribution in [0.1, 0.15) is 34.1 Å². The Labute approximate surface area is 102 Å². The molecule has 1 aliphatic rings. The van der Waals surface area contributed by atoms with Crippen LogP contribution in [0.15, 0.2) is 4.99 Å². The number of amidine groups is 1. The standard InChI is InChI=1S/C11H21N3OS/c1-7(2)12-10(15)9(4)14-11-13-8(3)5-6-16-11/h7-9H,5-6H2,1-4H3,(H,12,15)(H,13,14). The van der Waals surface area contributed by atoms with Gasteiger partial charge in [-0.25, -0.2) is 0 Å². The van der Waals surface area contributed by atoms with Gasteiger partial charge in [-0.1, -0.05) is 11.8 Å². The zero-order valence-electron chi connectivity index (χ0n) is 10.4. The zero-order chi connectivity index (χ0) is 12.1. The summed E-state index contributed by atoms with van der Waals surface area (Å²) in [4.78, 5) is 16.1. The van der Waals surface area contributed by atoms with E-state index >= 15 is 0 Å². The fraction of sp³-hybridized carbons (Fsp3) is 0.818. The highest BCUT2D eigenvalue weighted by Crippen LogP contribution is 2.15. The summed E-state index contributed by atoms with van der Waals surface area (Å²) in [7, 11) is 0. The number of hydrogen-bond acceptors (Lipinski definition) is 4. The van der Waals surface area contributed by atoms with Gasteiger partial charge in [0.25, 0.3) is 0 Å². The predicted octanol–water partition coefficient (Wildman–Crippen LogP) is 1.37. The van der Waals surface area contributed by atoms with Gasteiger partial charge in [-0.3, -0.25) is 9.79 Å². The molecule has 16 heavy (non-hydrogen) atoms. The minimum Gasteiger partial charge on any atom is -0.353 e. The molecule has 5 heteroatoms. The molecule has 0 spiro atoms. The quantitative estimate of drug-likeness (QED) is 0.787. The van der Waals surface area contributed by atoms with E-state index in [2.05, 4.69) is 22.5 Å². The van der Waals surface area contributed by atoms with Crippen molar-refractivity contribution in [2.24, 2.45) is 4.99 Å². The molecular formula is C11H21N3OS. The first-order valence-electron chi connectivity index (χ1n) is 5.76. The van der Waals surface area contributed by atoms with E-state index in [9.17, 15) is 4.79 Å². The Morgan fingerprint density at radius 3 is 2.75 bits per heavy atom. The maximum absolute atomic E-state index is 11.7. The van der Waals surface area contributed by atoms with Crippen LogP contribution in [0.4, 0.5) is 0 Å². The van der Waals surface area contributed by atoms with Gasteiger partial charge in [0.1, 0.15) is 6.04 Å². The summed E-state index contributed by atoms with van der Waals surface area (Å²) in [5, 5.41) is 6.93. The Morgan fingerprint density at radius 2 is 2.19 bits per heavy atom. The van der Waals surface area contributed by atoms with Crippen molar-refractivity contribution in [3.8, 4) is 0 Å². The summed E-state index contributed by atoms with van der Waals surface area (Å²) in [5.41, 5.74) is 0. The van der Waals surface area contributed by atoms with E-state index in [0.717, 1.165) is 17.3 Å². The third kappa shape index (κ3) is 4.43. The molecule has 2 unspecified atom stereocenters. The lowest BCUT2D eigenvalue weighted by molar-refractivity contribution is -0.122. The van der Waals surface area contributed by atoms with E-state index in [0.29, 0.717) is 6.04 Å².